The van der Waals surface area contributed by atoms with Crippen LogP contribution in [0.3, 0.4) is 0 Å². The molecular weight excluding hydrogens is 264 g/mol. The molecule has 3 rings (SSSR count). The molecule has 106 valence electrons. The van der Waals surface area contributed by atoms with Crippen molar-refractivity contribution in [2.24, 2.45) is 0 Å². The minimum atomic E-state index is -0.262. The van der Waals surface area contributed by atoms with Crippen molar-refractivity contribution in [2.75, 3.05) is 11.1 Å². The van der Waals surface area contributed by atoms with Gasteiger partial charge in [0.05, 0.1) is 0 Å². The summed E-state index contributed by atoms with van der Waals surface area (Å²) in [5, 5.41) is 3.81. The number of benzene rings is 2. The highest BCUT2D eigenvalue weighted by Crippen LogP contribution is 2.25. The van der Waals surface area contributed by atoms with Crippen LogP contribution in [0.5, 0.6) is 0 Å². The average Bonchev–Trinajstić information content (AvgIpc) is 2.86. The Morgan fingerprint density at radius 2 is 1.76 bits per heavy atom. The number of hydrogen-bond donors (Lipinski definition) is 2. The summed E-state index contributed by atoms with van der Waals surface area (Å²) in [6.07, 6.45) is 0. The zero-order chi connectivity index (χ0) is 15.0. The Labute approximate surface area is 122 Å². The summed E-state index contributed by atoms with van der Waals surface area (Å²) in [4.78, 5) is 12.3. The lowest BCUT2D eigenvalue weighted by atomic mass is 10.1. The molecule has 4 nitrogen and oxygen atoms in total. The molecule has 0 aliphatic rings. The number of carbonyl (C=O) groups excluding carboxylic acids is 1. The Balaban J connectivity index is 1.93. The highest BCUT2D eigenvalue weighted by molar-refractivity contribution is 6.05. The number of amides is 1. The van der Waals surface area contributed by atoms with Crippen molar-refractivity contribution >= 4 is 28.3 Å². The van der Waals surface area contributed by atoms with Crippen LogP contribution in [0.1, 0.15) is 21.7 Å². The van der Waals surface area contributed by atoms with E-state index in [1.165, 1.54) is 0 Å². The van der Waals surface area contributed by atoms with Crippen molar-refractivity contribution < 1.29 is 9.21 Å². The predicted octanol–water partition coefficient (Wildman–Crippen LogP) is 3.88. The van der Waals surface area contributed by atoms with Crippen molar-refractivity contribution in [3.8, 4) is 0 Å². The molecule has 0 aliphatic heterocycles. The van der Waals surface area contributed by atoms with E-state index in [0.29, 0.717) is 17.0 Å². The van der Waals surface area contributed by atoms with Gasteiger partial charge in [-0.1, -0.05) is 18.2 Å². The molecule has 21 heavy (non-hydrogen) atoms. The molecule has 1 amide bonds. The number of aryl methyl sites for hydroxylation is 2. The summed E-state index contributed by atoms with van der Waals surface area (Å²) in [6.45, 7) is 3.83. The maximum Gasteiger partial charge on any atom is 0.291 e. The van der Waals surface area contributed by atoms with Crippen molar-refractivity contribution in [3.05, 3.63) is 59.4 Å². The van der Waals surface area contributed by atoms with Crippen LogP contribution in [-0.4, -0.2) is 5.91 Å². The highest BCUT2D eigenvalue weighted by Gasteiger charge is 2.14. The number of carbonyl (C=O) groups is 1. The summed E-state index contributed by atoms with van der Waals surface area (Å²) < 4.78 is 5.57. The molecule has 4 heteroatoms. The zero-order valence-corrected chi connectivity index (χ0v) is 11.9. The number of anilines is 2. The van der Waals surface area contributed by atoms with E-state index < -0.39 is 0 Å². The monoisotopic (exact) mass is 280 g/mol. The number of para-hydroxylation sites is 1. The van der Waals surface area contributed by atoms with Crippen LogP contribution in [0.15, 0.2) is 46.9 Å². The quantitative estimate of drug-likeness (QED) is 0.700. The van der Waals surface area contributed by atoms with Crippen LogP contribution < -0.4 is 11.1 Å². The second-order valence-electron chi connectivity index (χ2n) is 5.13. The van der Waals surface area contributed by atoms with Gasteiger partial charge in [-0.2, -0.15) is 0 Å². The largest absolute Gasteiger partial charge is 0.451 e. The van der Waals surface area contributed by atoms with E-state index in [1.54, 1.807) is 6.07 Å². The smallest absolute Gasteiger partial charge is 0.291 e. The molecule has 0 atom stereocenters. The number of nitrogens with one attached hydrogen (secondary N) is 1. The van der Waals surface area contributed by atoms with Gasteiger partial charge in [-0.05, 0) is 49.2 Å². The van der Waals surface area contributed by atoms with Crippen molar-refractivity contribution in [2.45, 2.75) is 13.8 Å². The van der Waals surface area contributed by atoms with Gasteiger partial charge >= 0.3 is 0 Å². The minimum absolute atomic E-state index is 0.262. The highest BCUT2D eigenvalue weighted by atomic mass is 16.3. The van der Waals surface area contributed by atoms with Crippen LogP contribution in [0.25, 0.3) is 11.0 Å². The molecule has 3 aromatic rings. The first-order valence-electron chi connectivity index (χ1n) is 6.71. The van der Waals surface area contributed by atoms with E-state index in [2.05, 4.69) is 5.32 Å². The van der Waals surface area contributed by atoms with Crippen molar-refractivity contribution in [1.82, 2.24) is 0 Å². The molecule has 1 heterocycles. The van der Waals surface area contributed by atoms with Crippen molar-refractivity contribution in [3.63, 3.8) is 0 Å². The summed E-state index contributed by atoms with van der Waals surface area (Å²) in [6, 6.07) is 13.0. The lowest BCUT2D eigenvalue weighted by molar-refractivity contribution is 0.0998. The fraction of sp³-hybridized carbons (Fsp3) is 0.118. The van der Waals surface area contributed by atoms with Crippen LogP contribution in [0.4, 0.5) is 11.4 Å². The normalized spacial score (nSPS) is 10.8. The summed E-state index contributed by atoms with van der Waals surface area (Å²) in [5.41, 5.74) is 9.81. The second kappa shape index (κ2) is 4.98. The third-order valence-corrected chi connectivity index (χ3v) is 3.44. The third-order valence-electron chi connectivity index (χ3n) is 3.44. The molecule has 3 N–H and O–H groups in total. The summed E-state index contributed by atoms with van der Waals surface area (Å²) in [7, 11) is 0. The summed E-state index contributed by atoms with van der Waals surface area (Å²) >= 11 is 0. The Morgan fingerprint density at radius 3 is 2.43 bits per heavy atom. The number of nitrogens with two attached hydrogens (primary N) is 1. The van der Waals surface area contributed by atoms with Crippen LogP contribution in [0.2, 0.25) is 0 Å². The molecule has 0 saturated heterocycles. The zero-order valence-electron chi connectivity index (χ0n) is 11.9. The van der Waals surface area contributed by atoms with Gasteiger partial charge in [0.1, 0.15) is 5.58 Å². The summed E-state index contributed by atoms with van der Waals surface area (Å²) in [5.74, 6) is 0.0361. The van der Waals surface area contributed by atoms with E-state index >= 15 is 0 Å². The standard InChI is InChI=1S/C17H16N2O2/c1-10-7-13(18)8-11(2)16(10)19-17(20)15-9-12-5-3-4-6-14(12)21-15/h3-9H,18H2,1-2H3,(H,19,20). The predicted molar refractivity (Wildman–Crippen MR) is 84.5 cm³/mol. The number of furan rings is 1. The number of hydrogen-bond acceptors (Lipinski definition) is 3. The second-order valence-corrected chi connectivity index (χ2v) is 5.13. The molecule has 0 bridgehead atoms. The lowest BCUT2D eigenvalue weighted by Gasteiger charge is -2.11. The van der Waals surface area contributed by atoms with Gasteiger partial charge in [0, 0.05) is 16.8 Å². The average molecular weight is 280 g/mol. The van der Waals surface area contributed by atoms with E-state index in [-0.39, 0.29) is 5.91 Å². The van der Waals surface area contributed by atoms with E-state index in [1.807, 2.05) is 50.2 Å². The van der Waals surface area contributed by atoms with E-state index in [4.69, 9.17) is 10.2 Å². The number of nitrogen functional groups attached to an aromatic ring is 1. The van der Waals surface area contributed by atoms with Gasteiger partial charge in [-0.15, -0.1) is 0 Å². The maximum atomic E-state index is 12.3. The molecule has 1 aromatic heterocycles. The first-order valence-corrected chi connectivity index (χ1v) is 6.71. The lowest BCUT2D eigenvalue weighted by Crippen LogP contribution is -2.13. The van der Waals surface area contributed by atoms with Gasteiger partial charge < -0.3 is 15.5 Å². The number of fused-ring (bicyclic) bond motifs is 1. The van der Waals surface area contributed by atoms with Crippen LogP contribution in [0, 0.1) is 13.8 Å². The topological polar surface area (TPSA) is 68.3 Å². The fourth-order valence-electron chi connectivity index (χ4n) is 2.46. The molecule has 0 radical (unpaired) electrons. The van der Waals surface area contributed by atoms with Gasteiger partial charge in [-0.3, -0.25) is 4.79 Å². The van der Waals surface area contributed by atoms with E-state index in [9.17, 15) is 4.79 Å². The Kier molecular flexibility index (Phi) is 3.14. The molecule has 0 saturated carbocycles. The number of rotatable bonds is 2. The minimum Gasteiger partial charge on any atom is -0.451 e. The third kappa shape index (κ3) is 2.48. The molecule has 0 unspecified atom stereocenters. The van der Waals surface area contributed by atoms with Gasteiger partial charge in [-0.25, -0.2) is 0 Å². The van der Waals surface area contributed by atoms with Crippen LogP contribution in [-0.2, 0) is 0 Å². The maximum absolute atomic E-state index is 12.3. The molecular formula is C17H16N2O2. The van der Waals surface area contributed by atoms with Gasteiger partial charge in [0.2, 0.25) is 0 Å². The van der Waals surface area contributed by atoms with Crippen molar-refractivity contribution in [1.29, 1.82) is 0 Å². The first-order chi connectivity index (χ1) is 10.0. The van der Waals surface area contributed by atoms with Gasteiger partial charge in [0.15, 0.2) is 5.76 Å². The van der Waals surface area contributed by atoms with Gasteiger partial charge in [0.25, 0.3) is 5.91 Å². The van der Waals surface area contributed by atoms with Crippen LogP contribution >= 0.6 is 0 Å². The Hall–Kier alpha value is -2.75. The molecule has 0 spiro atoms. The van der Waals surface area contributed by atoms with E-state index in [0.717, 1.165) is 22.2 Å². The first kappa shape index (κ1) is 13.2. The molecule has 2 aromatic carbocycles. The fourth-order valence-corrected chi connectivity index (χ4v) is 2.46. The molecule has 0 fully saturated rings. The Morgan fingerprint density at radius 1 is 1.10 bits per heavy atom. The Bertz CT molecular complexity index is 778. The SMILES string of the molecule is Cc1cc(N)cc(C)c1NC(=O)c1cc2ccccc2o1. The molecule has 0 aliphatic carbocycles.